The van der Waals surface area contributed by atoms with E-state index in [0.29, 0.717) is 31.5 Å². The van der Waals surface area contributed by atoms with Crippen LogP contribution in [0.2, 0.25) is 0 Å². The molecular formula is C24H26N2O5. The molecule has 0 bridgehead atoms. The van der Waals surface area contributed by atoms with E-state index >= 15 is 0 Å². The van der Waals surface area contributed by atoms with Gasteiger partial charge in [0.05, 0.1) is 23.7 Å². The molecule has 0 unspecified atom stereocenters. The molecule has 31 heavy (non-hydrogen) atoms. The first-order valence-electron chi connectivity index (χ1n) is 11.1. The molecule has 4 aliphatic rings. The molecular weight excluding hydrogens is 396 g/mol. The van der Waals surface area contributed by atoms with Crippen molar-refractivity contribution in [1.82, 2.24) is 9.80 Å². The summed E-state index contributed by atoms with van der Waals surface area (Å²) in [5.41, 5.74) is 1.53. The Hall–Kier alpha value is -2.96. The number of aromatic hydroxyl groups is 1. The van der Waals surface area contributed by atoms with E-state index < -0.39 is 29.6 Å². The third kappa shape index (κ3) is 2.58. The van der Waals surface area contributed by atoms with Crippen LogP contribution in [0, 0.1) is 29.6 Å². The Morgan fingerprint density at radius 2 is 1.45 bits per heavy atom. The van der Waals surface area contributed by atoms with Crippen LogP contribution in [0.25, 0.3) is 0 Å². The average Bonchev–Trinajstić information content (AvgIpc) is 3.16. The van der Waals surface area contributed by atoms with Crippen molar-refractivity contribution in [3.63, 3.8) is 0 Å². The van der Waals surface area contributed by atoms with Gasteiger partial charge in [0.2, 0.25) is 23.6 Å². The fourth-order valence-corrected chi connectivity index (χ4v) is 6.44. The summed E-state index contributed by atoms with van der Waals surface area (Å²) >= 11 is 0. The molecule has 1 saturated carbocycles. The zero-order chi connectivity index (χ0) is 22.0. The number of imide groups is 2. The number of fused-ring (bicyclic) bond motifs is 4. The number of carbonyl (C=O) groups is 4. The van der Waals surface area contributed by atoms with E-state index in [-0.39, 0.29) is 35.3 Å². The van der Waals surface area contributed by atoms with Crippen LogP contribution < -0.4 is 0 Å². The molecule has 2 aliphatic heterocycles. The monoisotopic (exact) mass is 422 g/mol. The predicted molar refractivity (Wildman–Crippen MR) is 110 cm³/mol. The maximum Gasteiger partial charge on any atom is 0.234 e. The molecule has 6 atom stereocenters. The summed E-state index contributed by atoms with van der Waals surface area (Å²) in [5.74, 6) is -3.45. The highest BCUT2D eigenvalue weighted by Crippen LogP contribution is 2.58. The molecule has 162 valence electrons. The fraction of sp³-hybridized carbons (Fsp3) is 0.500. The van der Waals surface area contributed by atoms with Crippen LogP contribution in [-0.2, 0) is 19.2 Å². The molecule has 1 N–H and O–H groups in total. The molecule has 7 heteroatoms. The lowest BCUT2D eigenvalue weighted by atomic mass is 9.57. The van der Waals surface area contributed by atoms with E-state index in [1.54, 1.807) is 32.0 Å². The Balaban J connectivity index is 1.66. The summed E-state index contributed by atoms with van der Waals surface area (Å²) in [6.45, 7) is 4.21. The van der Waals surface area contributed by atoms with Crippen LogP contribution in [-0.4, -0.2) is 51.6 Å². The van der Waals surface area contributed by atoms with Crippen LogP contribution >= 0.6 is 0 Å². The van der Waals surface area contributed by atoms with Gasteiger partial charge < -0.3 is 5.11 Å². The summed E-state index contributed by atoms with van der Waals surface area (Å²) in [4.78, 5) is 55.0. The average molecular weight is 422 g/mol. The first-order chi connectivity index (χ1) is 14.9. The van der Waals surface area contributed by atoms with Gasteiger partial charge in [-0.1, -0.05) is 29.8 Å². The largest absolute Gasteiger partial charge is 0.508 e. The number of para-hydroxylation sites is 1. The topological polar surface area (TPSA) is 95.0 Å². The van der Waals surface area contributed by atoms with E-state index in [2.05, 4.69) is 0 Å². The molecule has 0 aromatic heterocycles. The van der Waals surface area contributed by atoms with Crippen LogP contribution in [0.15, 0.2) is 35.9 Å². The highest BCUT2D eigenvalue weighted by atomic mass is 16.3. The van der Waals surface area contributed by atoms with Crippen molar-refractivity contribution in [2.45, 2.75) is 32.6 Å². The number of rotatable bonds is 3. The fourth-order valence-electron chi connectivity index (χ4n) is 6.44. The number of nitrogens with zero attached hydrogens (tertiary/aromatic N) is 2. The maximum atomic E-state index is 13.3. The predicted octanol–water partition coefficient (Wildman–Crippen LogP) is 2.07. The van der Waals surface area contributed by atoms with Gasteiger partial charge in [-0.25, -0.2) is 0 Å². The second-order valence-electron chi connectivity index (χ2n) is 8.92. The summed E-state index contributed by atoms with van der Waals surface area (Å²) in [5, 5.41) is 10.6. The van der Waals surface area contributed by atoms with E-state index in [1.807, 2.05) is 12.1 Å². The van der Waals surface area contributed by atoms with Crippen molar-refractivity contribution in [2.24, 2.45) is 29.6 Å². The number of hydrogen-bond acceptors (Lipinski definition) is 5. The molecule has 1 aromatic rings. The Morgan fingerprint density at radius 1 is 0.839 bits per heavy atom. The Morgan fingerprint density at radius 3 is 2.10 bits per heavy atom. The molecule has 1 aromatic carbocycles. The van der Waals surface area contributed by atoms with Crippen LogP contribution in [0.5, 0.6) is 5.75 Å². The normalized spacial score (nSPS) is 34.6. The lowest BCUT2D eigenvalue weighted by Gasteiger charge is -2.44. The van der Waals surface area contributed by atoms with Gasteiger partial charge in [-0.05, 0) is 38.7 Å². The number of phenolic OH excluding ortho intramolecular Hbond substituents is 1. The number of allylic oxidation sites excluding steroid dienone is 2. The minimum absolute atomic E-state index is 0.0779. The summed E-state index contributed by atoms with van der Waals surface area (Å²) in [6.07, 6.45) is 2.83. The van der Waals surface area contributed by atoms with Crippen molar-refractivity contribution >= 4 is 23.6 Å². The van der Waals surface area contributed by atoms with Gasteiger partial charge in [0.25, 0.3) is 0 Å². The van der Waals surface area contributed by atoms with Crippen molar-refractivity contribution < 1.29 is 24.3 Å². The van der Waals surface area contributed by atoms with E-state index in [1.165, 1.54) is 9.80 Å². The smallest absolute Gasteiger partial charge is 0.234 e. The Bertz CT molecular complexity index is 1030. The van der Waals surface area contributed by atoms with Crippen LogP contribution in [0.4, 0.5) is 0 Å². The summed E-state index contributed by atoms with van der Waals surface area (Å²) in [6, 6.07) is 6.91. The Kier molecular flexibility index (Phi) is 4.53. The molecule has 2 saturated heterocycles. The molecule has 0 radical (unpaired) electrons. The third-order valence-corrected chi connectivity index (χ3v) is 7.74. The SMILES string of the molecule is CCN1C(=O)[C@H]2[C@H](CC=C3[C@H]2C[C@H]2C(=O)N(CC)C(=O)[C@H]2[C@H]3c2ccccc2O)C1=O. The highest BCUT2D eigenvalue weighted by Gasteiger charge is 2.61. The van der Waals surface area contributed by atoms with E-state index in [9.17, 15) is 24.3 Å². The zero-order valence-corrected chi connectivity index (χ0v) is 17.7. The molecule has 0 spiro atoms. The van der Waals surface area contributed by atoms with Gasteiger partial charge in [-0.2, -0.15) is 0 Å². The first kappa shape index (κ1) is 20.0. The van der Waals surface area contributed by atoms with Gasteiger partial charge in [-0.3, -0.25) is 29.0 Å². The second kappa shape index (κ2) is 7.04. The lowest BCUT2D eigenvalue weighted by Crippen LogP contribution is -2.43. The minimum Gasteiger partial charge on any atom is -0.508 e. The third-order valence-electron chi connectivity index (χ3n) is 7.74. The van der Waals surface area contributed by atoms with Crippen molar-refractivity contribution in [2.75, 3.05) is 13.1 Å². The highest BCUT2D eigenvalue weighted by molar-refractivity contribution is 6.07. The number of hydrogen-bond donors (Lipinski definition) is 1. The molecule has 5 rings (SSSR count). The van der Waals surface area contributed by atoms with Crippen molar-refractivity contribution in [3.05, 3.63) is 41.5 Å². The second-order valence-corrected chi connectivity index (χ2v) is 8.92. The number of carbonyl (C=O) groups excluding carboxylic acids is 4. The van der Waals surface area contributed by atoms with Gasteiger partial charge in [-0.15, -0.1) is 0 Å². The summed E-state index contributed by atoms with van der Waals surface area (Å²) in [7, 11) is 0. The molecule has 4 amide bonds. The molecule has 2 heterocycles. The summed E-state index contributed by atoms with van der Waals surface area (Å²) < 4.78 is 0. The number of benzene rings is 1. The van der Waals surface area contributed by atoms with Crippen molar-refractivity contribution in [3.8, 4) is 5.75 Å². The van der Waals surface area contributed by atoms with Gasteiger partial charge in [0.1, 0.15) is 5.75 Å². The zero-order valence-electron chi connectivity index (χ0n) is 17.7. The lowest BCUT2D eigenvalue weighted by molar-refractivity contribution is -0.141. The van der Waals surface area contributed by atoms with Crippen LogP contribution in [0.1, 0.15) is 38.2 Å². The van der Waals surface area contributed by atoms with Gasteiger partial charge in [0.15, 0.2) is 0 Å². The quantitative estimate of drug-likeness (QED) is 0.594. The standard InChI is InChI=1S/C24H26N2O5/c1-3-25-21(28)14-10-9-12-15(19(14)23(25)30)11-16-20(24(31)26(4-2)22(16)29)18(12)13-7-5-6-8-17(13)27/h5-9,14-16,18-20,27H,3-4,10-11H2,1-2H3/t14-,15+,16+,18+,19-,20+/m0/s1. The van der Waals surface area contributed by atoms with Gasteiger partial charge >= 0.3 is 0 Å². The van der Waals surface area contributed by atoms with E-state index in [0.717, 1.165) is 5.57 Å². The molecule has 3 fully saturated rings. The number of amides is 4. The van der Waals surface area contributed by atoms with E-state index in [4.69, 9.17) is 0 Å². The number of phenols is 1. The van der Waals surface area contributed by atoms with Gasteiger partial charge in [0, 0.05) is 24.6 Å². The molecule has 7 nitrogen and oxygen atoms in total. The maximum absolute atomic E-state index is 13.3. The Labute approximate surface area is 180 Å². The molecule has 2 aliphatic carbocycles. The first-order valence-corrected chi connectivity index (χ1v) is 11.1. The van der Waals surface area contributed by atoms with Crippen LogP contribution in [0.3, 0.4) is 0 Å². The van der Waals surface area contributed by atoms with Crippen molar-refractivity contribution in [1.29, 1.82) is 0 Å². The number of likely N-dealkylation sites (tertiary alicyclic amines) is 2. The minimum atomic E-state index is -0.589.